The van der Waals surface area contributed by atoms with Gasteiger partial charge in [0.1, 0.15) is 5.78 Å². The Bertz CT molecular complexity index is 630. The van der Waals surface area contributed by atoms with Crippen LogP contribution in [0.4, 0.5) is 10.8 Å². The van der Waals surface area contributed by atoms with Gasteiger partial charge in [-0.2, -0.15) is 0 Å². The van der Waals surface area contributed by atoms with Crippen molar-refractivity contribution in [1.82, 2.24) is 10.2 Å². The predicted molar refractivity (Wildman–Crippen MR) is 94.2 cm³/mol. The van der Waals surface area contributed by atoms with Gasteiger partial charge in [-0.1, -0.05) is 62.9 Å². The lowest BCUT2D eigenvalue weighted by Gasteiger charge is -2.15. The molecule has 4 nitrogen and oxygen atoms in total. The van der Waals surface area contributed by atoms with Gasteiger partial charge in [0.05, 0.1) is 5.75 Å². The van der Waals surface area contributed by atoms with Gasteiger partial charge < -0.3 is 5.32 Å². The van der Waals surface area contributed by atoms with Gasteiger partial charge in [0.2, 0.25) is 5.13 Å². The van der Waals surface area contributed by atoms with Crippen molar-refractivity contribution in [2.24, 2.45) is 5.41 Å². The number of thioether (sulfide) groups is 1. The van der Waals surface area contributed by atoms with Crippen LogP contribution in [-0.2, 0) is 11.2 Å². The highest BCUT2D eigenvalue weighted by Crippen LogP contribution is 2.29. The van der Waals surface area contributed by atoms with Gasteiger partial charge in [-0.15, -0.1) is 10.2 Å². The summed E-state index contributed by atoms with van der Waals surface area (Å²) in [7, 11) is 0. The van der Waals surface area contributed by atoms with Crippen LogP contribution in [0.2, 0.25) is 0 Å². The number of rotatable bonds is 6. The van der Waals surface area contributed by atoms with E-state index < -0.39 is 0 Å². The summed E-state index contributed by atoms with van der Waals surface area (Å²) >= 11 is 2.92. The van der Waals surface area contributed by atoms with Crippen molar-refractivity contribution < 1.29 is 4.79 Å². The number of nitrogens with zero attached hydrogens (tertiary/aromatic N) is 2. The largest absolute Gasteiger partial charge is 0.330 e. The molecule has 1 heterocycles. The molecule has 0 saturated carbocycles. The van der Waals surface area contributed by atoms with E-state index in [4.69, 9.17) is 0 Å². The van der Waals surface area contributed by atoms with E-state index in [0.717, 1.165) is 21.6 Å². The summed E-state index contributed by atoms with van der Waals surface area (Å²) in [5.41, 5.74) is 2.00. The smallest absolute Gasteiger partial charge is 0.210 e. The van der Waals surface area contributed by atoms with Crippen LogP contribution in [0.15, 0.2) is 28.6 Å². The molecular formula is C16H21N3OS2. The summed E-state index contributed by atoms with van der Waals surface area (Å²) in [5, 5.41) is 12.2. The summed E-state index contributed by atoms with van der Waals surface area (Å²) in [6.07, 6.45) is 1.03. The van der Waals surface area contributed by atoms with Crippen molar-refractivity contribution in [3.63, 3.8) is 0 Å². The number of Topliss-reactive ketones (excluding diaryl/α,β-unsaturated/α-hetero) is 1. The second kappa shape index (κ2) is 7.24. The normalized spacial score (nSPS) is 11.5. The van der Waals surface area contributed by atoms with Crippen LogP contribution >= 0.6 is 23.1 Å². The summed E-state index contributed by atoms with van der Waals surface area (Å²) in [5.74, 6) is 0.654. The Morgan fingerprint density at radius 3 is 2.50 bits per heavy atom. The molecular weight excluding hydrogens is 314 g/mol. The lowest BCUT2D eigenvalue weighted by molar-refractivity contribution is -0.123. The molecule has 0 aliphatic carbocycles. The second-order valence-corrected chi connectivity index (χ2v) is 8.21. The SMILES string of the molecule is CCc1ccc(Nc2nnc(SCC(=O)C(C)(C)C)s2)cc1. The molecule has 0 saturated heterocycles. The van der Waals surface area contributed by atoms with Crippen LogP contribution in [0.5, 0.6) is 0 Å². The topological polar surface area (TPSA) is 54.9 Å². The van der Waals surface area contributed by atoms with E-state index in [-0.39, 0.29) is 11.2 Å². The zero-order valence-electron chi connectivity index (χ0n) is 13.3. The number of carbonyl (C=O) groups excluding carboxylic acids is 1. The van der Waals surface area contributed by atoms with Gasteiger partial charge in [-0.05, 0) is 24.1 Å². The Morgan fingerprint density at radius 2 is 1.91 bits per heavy atom. The molecule has 22 heavy (non-hydrogen) atoms. The maximum Gasteiger partial charge on any atom is 0.210 e. The number of ketones is 1. The van der Waals surface area contributed by atoms with Crippen molar-refractivity contribution in [1.29, 1.82) is 0 Å². The first-order valence-electron chi connectivity index (χ1n) is 7.24. The van der Waals surface area contributed by atoms with E-state index in [0.29, 0.717) is 5.75 Å². The van der Waals surface area contributed by atoms with Crippen LogP contribution in [-0.4, -0.2) is 21.7 Å². The Kier molecular flexibility index (Phi) is 5.58. The van der Waals surface area contributed by atoms with Crippen LogP contribution < -0.4 is 5.32 Å². The molecule has 1 aromatic carbocycles. The molecule has 0 amide bonds. The molecule has 1 aromatic heterocycles. The van der Waals surface area contributed by atoms with Gasteiger partial charge in [-0.25, -0.2) is 0 Å². The number of anilines is 2. The molecule has 6 heteroatoms. The summed E-state index contributed by atoms with van der Waals surface area (Å²) in [4.78, 5) is 11.9. The molecule has 118 valence electrons. The molecule has 0 aliphatic heterocycles. The number of benzene rings is 1. The van der Waals surface area contributed by atoms with Crippen molar-refractivity contribution in [2.75, 3.05) is 11.1 Å². The van der Waals surface area contributed by atoms with Gasteiger partial charge >= 0.3 is 0 Å². The fourth-order valence-corrected chi connectivity index (χ4v) is 3.54. The molecule has 0 bridgehead atoms. The fraction of sp³-hybridized carbons (Fsp3) is 0.438. The van der Waals surface area contributed by atoms with Crippen LogP contribution in [0.1, 0.15) is 33.3 Å². The van der Waals surface area contributed by atoms with Crippen molar-refractivity contribution in [2.45, 2.75) is 38.5 Å². The van der Waals surface area contributed by atoms with Crippen LogP contribution in [0.25, 0.3) is 0 Å². The first kappa shape index (κ1) is 17.0. The van der Waals surface area contributed by atoms with Gasteiger partial charge in [0, 0.05) is 11.1 Å². The van der Waals surface area contributed by atoms with E-state index >= 15 is 0 Å². The number of nitrogens with one attached hydrogen (secondary N) is 1. The average molecular weight is 335 g/mol. The predicted octanol–water partition coefficient (Wildman–Crippen LogP) is 4.55. The standard InChI is InChI=1S/C16H21N3OS2/c1-5-11-6-8-12(9-7-11)17-14-18-19-15(22-14)21-10-13(20)16(2,3)4/h6-9H,5,10H2,1-4H3,(H,17,18). The van der Waals surface area contributed by atoms with Crippen LogP contribution in [0, 0.1) is 5.41 Å². The molecule has 0 aliphatic rings. The molecule has 0 atom stereocenters. The molecule has 1 N–H and O–H groups in total. The number of aromatic nitrogens is 2. The van der Waals surface area contributed by atoms with E-state index in [1.165, 1.54) is 28.7 Å². The van der Waals surface area contributed by atoms with E-state index in [9.17, 15) is 4.79 Å². The maximum absolute atomic E-state index is 11.9. The minimum atomic E-state index is -0.306. The number of hydrogen-bond acceptors (Lipinski definition) is 6. The quantitative estimate of drug-likeness (QED) is 0.785. The molecule has 0 fully saturated rings. The average Bonchev–Trinajstić information content (AvgIpc) is 2.92. The zero-order chi connectivity index (χ0) is 16.2. The molecule has 0 unspecified atom stereocenters. The lowest BCUT2D eigenvalue weighted by atomic mass is 9.92. The highest BCUT2D eigenvalue weighted by molar-refractivity contribution is 8.01. The molecule has 2 aromatic rings. The van der Waals surface area contributed by atoms with Crippen molar-refractivity contribution in [3.05, 3.63) is 29.8 Å². The fourth-order valence-electron chi connectivity index (χ4n) is 1.61. The maximum atomic E-state index is 11.9. The highest BCUT2D eigenvalue weighted by Gasteiger charge is 2.21. The minimum absolute atomic E-state index is 0.220. The summed E-state index contributed by atoms with van der Waals surface area (Å²) < 4.78 is 0.810. The summed E-state index contributed by atoms with van der Waals surface area (Å²) in [6.45, 7) is 7.93. The van der Waals surface area contributed by atoms with E-state index in [2.05, 4.69) is 34.6 Å². The number of carbonyl (C=O) groups is 1. The molecule has 0 radical (unpaired) electrons. The van der Waals surface area contributed by atoms with E-state index in [1.807, 2.05) is 32.9 Å². The first-order valence-corrected chi connectivity index (χ1v) is 9.04. The zero-order valence-corrected chi connectivity index (χ0v) is 15.0. The van der Waals surface area contributed by atoms with Crippen molar-refractivity contribution in [3.8, 4) is 0 Å². The molecule has 2 rings (SSSR count). The minimum Gasteiger partial charge on any atom is -0.330 e. The number of aryl methyl sites for hydroxylation is 1. The Labute approximate surface area is 139 Å². The Morgan fingerprint density at radius 1 is 1.23 bits per heavy atom. The number of hydrogen-bond donors (Lipinski definition) is 1. The van der Waals surface area contributed by atoms with Crippen LogP contribution in [0.3, 0.4) is 0 Å². The first-order chi connectivity index (χ1) is 10.4. The van der Waals surface area contributed by atoms with Gasteiger partial charge in [0.25, 0.3) is 0 Å². The lowest BCUT2D eigenvalue weighted by Crippen LogP contribution is -2.21. The third-order valence-corrected chi connectivity index (χ3v) is 5.16. The molecule has 0 spiro atoms. The summed E-state index contributed by atoms with van der Waals surface area (Å²) in [6, 6.07) is 8.27. The Hall–Kier alpha value is -1.40. The highest BCUT2D eigenvalue weighted by atomic mass is 32.2. The second-order valence-electron chi connectivity index (χ2n) is 6.01. The third-order valence-electron chi connectivity index (χ3n) is 3.18. The monoisotopic (exact) mass is 335 g/mol. The van der Waals surface area contributed by atoms with E-state index in [1.54, 1.807) is 0 Å². The third kappa shape index (κ3) is 4.81. The van der Waals surface area contributed by atoms with Crippen molar-refractivity contribution >= 4 is 39.7 Å². The Balaban J connectivity index is 1.92. The van der Waals surface area contributed by atoms with Gasteiger partial charge in [-0.3, -0.25) is 4.79 Å². The van der Waals surface area contributed by atoms with Gasteiger partial charge in [0.15, 0.2) is 4.34 Å².